The smallest absolute Gasteiger partial charge is 0.170 e. The summed E-state index contributed by atoms with van der Waals surface area (Å²) in [6.07, 6.45) is 5.55. The van der Waals surface area contributed by atoms with E-state index >= 15 is 0 Å². The van der Waals surface area contributed by atoms with E-state index in [0.29, 0.717) is 6.61 Å². The summed E-state index contributed by atoms with van der Waals surface area (Å²) in [6, 6.07) is 10.4. The number of aromatic nitrogens is 5. The van der Waals surface area contributed by atoms with E-state index in [1.54, 1.807) is 6.33 Å². The number of ether oxygens (including phenoxy) is 1. The minimum atomic E-state index is 0.0701. The second kappa shape index (κ2) is 7.16. The van der Waals surface area contributed by atoms with Crippen molar-refractivity contribution in [1.29, 1.82) is 0 Å². The Bertz CT molecular complexity index is 812. The molecule has 2 aromatic heterocycles. The van der Waals surface area contributed by atoms with Crippen LogP contribution in [0.5, 0.6) is 0 Å². The Morgan fingerprint density at radius 1 is 1.16 bits per heavy atom. The third kappa shape index (κ3) is 3.62. The molecule has 1 fully saturated rings. The molecule has 3 heterocycles. The highest BCUT2D eigenvalue weighted by atomic mass is 16.5. The Kier molecular flexibility index (Phi) is 4.58. The molecule has 3 aromatic rings. The van der Waals surface area contributed by atoms with E-state index < -0.39 is 0 Å². The van der Waals surface area contributed by atoms with Gasteiger partial charge in [-0.2, -0.15) is 5.10 Å². The van der Waals surface area contributed by atoms with Crippen LogP contribution in [0, 0.1) is 0 Å². The van der Waals surface area contributed by atoms with Crippen LogP contribution in [0.4, 0.5) is 0 Å². The Labute approximate surface area is 146 Å². The molecule has 1 aromatic carbocycles. The Hall–Kier alpha value is -2.51. The highest BCUT2D eigenvalue weighted by Crippen LogP contribution is 2.23. The second-order valence-corrected chi connectivity index (χ2v) is 6.34. The van der Waals surface area contributed by atoms with Gasteiger partial charge in [-0.05, 0) is 5.56 Å². The predicted octanol–water partition coefficient (Wildman–Crippen LogP) is 1.63. The summed E-state index contributed by atoms with van der Waals surface area (Å²) in [7, 11) is 2.02. The molecule has 1 saturated heterocycles. The lowest BCUT2D eigenvalue weighted by Gasteiger charge is -2.33. The van der Waals surface area contributed by atoms with Gasteiger partial charge in [0.1, 0.15) is 6.33 Å². The highest BCUT2D eigenvalue weighted by Gasteiger charge is 2.28. The molecule has 7 nitrogen and oxygen atoms in total. The lowest BCUT2D eigenvalue weighted by atomic mass is 10.2. The third-order valence-corrected chi connectivity index (χ3v) is 4.56. The largest absolute Gasteiger partial charge is 0.378 e. The van der Waals surface area contributed by atoms with Crippen molar-refractivity contribution in [3.05, 3.63) is 66.3 Å². The van der Waals surface area contributed by atoms with E-state index in [4.69, 9.17) is 9.84 Å². The van der Waals surface area contributed by atoms with Crippen LogP contribution < -0.4 is 0 Å². The first-order chi connectivity index (χ1) is 12.3. The van der Waals surface area contributed by atoms with Crippen molar-refractivity contribution in [1.82, 2.24) is 29.2 Å². The van der Waals surface area contributed by atoms with E-state index in [2.05, 4.69) is 27.0 Å². The van der Waals surface area contributed by atoms with Crippen LogP contribution in [-0.2, 0) is 24.9 Å². The van der Waals surface area contributed by atoms with Crippen LogP contribution in [0.25, 0.3) is 0 Å². The molecule has 0 aliphatic carbocycles. The molecule has 130 valence electrons. The second-order valence-electron chi connectivity index (χ2n) is 6.34. The zero-order valence-corrected chi connectivity index (χ0v) is 14.3. The van der Waals surface area contributed by atoms with E-state index in [-0.39, 0.29) is 6.04 Å². The molecular weight excluding hydrogens is 316 g/mol. The van der Waals surface area contributed by atoms with Gasteiger partial charge in [0.2, 0.25) is 0 Å². The van der Waals surface area contributed by atoms with Gasteiger partial charge in [0.25, 0.3) is 0 Å². The van der Waals surface area contributed by atoms with Crippen molar-refractivity contribution >= 4 is 0 Å². The Morgan fingerprint density at radius 2 is 2.04 bits per heavy atom. The predicted molar refractivity (Wildman–Crippen MR) is 92.7 cm³/mol. The molecule has 1 atom stereocenters. The van der Waals surface area contributed by atoms with Crippen molar-refractivity contribution in [2.75, 3.05) is 19.8 Å². The third-order valence-electron chi connectivity index (χ3n) is 4.56. The molecule has 1 aliphatic heterocycles. The molecule has 4 rings (SSSR count). The quantitative estimate of drug-likeness (QED) is 0.708. The number of morpholine rings is 1. The maximum Gasteiger partial charge on any atom is 0.170 e. The van der Waals surface area contributed by atoms with Gasteiger partial charge in [0.05, 0.1) is 37.8 Å². The number of rotatable bonds is 5. The van der Waals surface area contributed by atoms with Gasteiger partial charge in [-0.3, -0.25) is 4.90 Å². The fraction of sp³-hybridized carbons (Fsp3) is 0.389. The zero-order valence-electron chi connectivity index (χ0n) is 14.3. The normalized spacial score (nSPS) is 18.5. The van der Waals surface area contributed by atoms with Crippen LogP contribution >= 0.6 is 0 Å². The summed E-state index contributed by atoms with van der Waals surface area (Å²) < 4.78 is 9.63. The molecule has 0 amide bonds. The first kappa shape index (κ1) is 16.0. The van der Waals surface area contributed by atoms with Crippen molar-refractivity contribution in [2.45, 2.75) is 19.1 Å². The molecule has 0 bridgehead atoms. The topological polar surface area (TPSA) is 61.0 Å². The van der Waals surface area contributed by atoms with Gasteiger partial charge in [-0.15, -0.1) is 0 Å². The molecule has 0 radical (unpaired) electrons. The van der Waals surface area contributed by atoms with Crippen LogP contribution in [0.1, 0.15) is 23.1 Å². The minimum Gasteiger partial charge on any atom is -0.378 e. The number of imidazole rings is 1. The maximum absolute atomic E-state index is 5.69. The van der Waals surface area contributed by atoms with Crippen molar-refractivity contribution in [3.8, 4) is 0 Å². The first-order valence-electron chi connectivity index (χ1n) is 8.50. The van der Waals surface area contributed by atoms with Crippen molar-refractivity contribution < 1.29 is 4.74 Å². The van der Waals surface area contributed by atoms with Crippen LogP contribution in [0.2, 0.25) is 0 Å². The van der Waals surface area contributed by atoms with E-state index in [0.717, 1.165) is 32.1 Å². The fourth-order valence-electron chi connectivity index (χ4n) is 3.12. The van der Waals surface area contributed by atoms with E-state index in [9.17, 15) is 0 Å². The lowest BCUT2D eigenvalue weighted by Crippen LogP contribution is -2.40. The minimum absolute atomic E-state index is 0.0701. The summed E-state index contributed by atoms with van der Waals surface area (Å²) >= 11 is 0. The van der Waals surface area contributed by atoms with Crippen LogP contribution in [0.15, 0.2) is 49.2 Å². The summed E-state index contributed by atoms with van der Waals surface area (Å²) in [4.78, 5) is 11.1. The van der Waals surface area contributed by atoms with Gasteiger partial charge < -0.3 is 9.30 Å². The van der Waals surface area contributed by atoms with E-state index in [1.807, 2.05) is 47.0 Å². The van der Waals surface area contributed by atoms with E-state index in [1.165, 1.54) is 11.3 Å². The Balaban J connectivity index is 1.50. The highest BCUT2D eigenvalue weighted by molar-refractivity contribution is 5.14. The number of hydrogen-bond donors (Lipinski definition) is 0. The standard InChI is InChI=1S/C18H22N6O/c1-22-13-19-9-16(22)11-23-7-8-25-12-17(23)18-20-14-24(21-18)10-15-5-3-2-4-6-15/h2-6,9,13-14,17H,7-8,10-12H2,1H3/t17-/m0/s1. The number of hydrogen-bond acceptors (Lipinski definition) is 5. The monoisotopic (exact) mass is 338 g/mol. The lowest BCUT2D eigenvalue weighted by molar-refractivity contribution is -0.0168. The first-order valence-corrected chi connectivity index (χ1v) is 8.50. The molecule has 0 saturated carbocycles. The number of aryl methyl sites for hydroxylation is 1. The number of nitrogens with zero attached hydrogens (tertiary/aromatic N) is 6. The number of benzene rings is 1. The SMILES string of the molecule is Cn1cncc1CN1CCOC[C@H]1c1ncn(Cc2ccccc2)n1. The van der Waals surface area contributed by atoms with Crippen molar-refractivity contribution in [2.24, 2.45) is 7.05 Å². The molecule has 0 N–H and O–H groups in total. The molecule has 0 unspecified atom stereocenters. The van der Waals surface area contributed by atoms with Gasteiger partial charge in [-0.25, -0.2) is 14.6 Å². The van der Waals surface area contributed by atoms with Crippen molar-refractivity contribution in [3.63, 3.8) is 0 Å². The van der Waals surface area contributed by atoms with Gasteiger partial charge >= 0.3 is 0 Å². The average Bonchev–Trinajstić information content (AvgIpc) is 3.26. The molecule has 7 heteroatoms. The maximum atomic E-state index is 5.69. The summed E-state index contributed by atoms with van der Waals surface area (Å²) in [5, 5.41) is 4.69. The molecule has 0 spiro atoms. The van der Waals surface area contributed by atoms with Crippen LogP contribution in [0.3, 0.4) is 0 Å². The molecule has 1 aliphatic rings. The summed E-state index contributed by atoms with van der Waals surface area (Å²) in [5.74, 6) is 0.817. The van der Waals surface area contributed by atoms with Gasteiger partial charge in [0.15, 0.2) is 5.82 Å². The van der Waals surface area contributed by atoms with Crippen LogP contribution in [-0.4, -0.2) is 49.0 Å². The fourth-order valence-corrected chi connectivity index (χ4v) is 3.12. The zero-order chi connectivity index (χ0) is 17.1. The van der Waals surface area contributed by atoms with Gasteiger partial charge in [-0.1, -0.05) is 30.3 Å². The van der Waals surface area contributed by atoms with Gasteiger partial charge in [0, 0.05) is 26.3 Å². The summed E-state index contributed by atoms with van der Waals surface area (Å²) in [6.45, 7) is 3.76. The molecule has 25 heavy (non-hydrogen) atoms. The molecular formula is C18H22N6O. The summed E-state index contributed by atoms with van der Waals surface area (Å²) in [5.41, 5.74) is 2.39. The average molecular weight is 338 g/mol. The Morgan fingerprint density at radius 3 is 2.84 bits per heavy atom.